The summed E-state index contributed by atoms with van der Waals surface area (Å²) in [4.78, 5) is 4.13. The summed E-state index contributed by atoms with van der Waals surface area (Å²) in [6.07, 6.45) is 1.63. The van der Waals surface area contributed by atoms with Gasteiger partial charge in [-0.3, -0.25) is 0 Å². The zero-order chi connectivity index (χ0) is 8.97. The Kier molecular flexibility index (Phi) is 3.69. The lowest BCUT2D eigenvalue weighted by atomic mass is 10.4. The van der Waals surface area contributed by atoms with Crippen LogP contribution in [0.3, 0.4) is 0 Å². The Hall–Kier alpha value is -0.410. The molecular formula is C8H10ClNOS. The number of nitrogens with zero attached hydrogens (tertiary/aromatic N) is 1. The number of hydrogen-bond donors (Lipinski definition) is 0. The molecule has 2 nitrogen and oxygen atoms in total. The predicted molar refractivity (Wildman–Crippen MR) is 51.8 cm³/mol. The first kappa shape index (κ1) is 9.68. The van der Waals surface area contributed by atoms with Crippen molar-refractivity contribution >= 4 is 23.4 Å². The van der Waals surface area contributed by atoms with E-state index in [1.54, 1.807) is 6.26 Å². The maximum Gasteiger partial charge on any atom is 0.256 e. The van der Waals surface area contributed by atoms with Crippen molar-refractivity contribution in [1.29, 1.82) is 0 Å². The van der Waals surface area contributed by atoms with E-state index in [0.29, 0.717) is 11.1 Å². The smallest absolute Gasteiger partial charge is 0.256 e. The minimum Gasteiger partial charge on any atom is -0.440 e. The van der Waals surface area contributed by atoms with E-state index in [1.165, 1.54) is 11.8 Å². The van der Waals surface area contributed by atoms with Crippen LogP contribution in [0.15, 0.2) is 28.1 Å². The first-order valence-electron chi connectivity index (χ1n) is 3.50. The summed E-state index contributed by atoms with van der Waals surface area (Å²) in [5, 5.41) is 0.679. The van der Waals surface area contributed by atoms with Crippen molar-refractivity contribution in [2.75, 3.05) is 11.6 Å². The maximum absolute atomic E-state index is 5.56. The molecule has 1 aromatic heterocycles. The van der Waals surface area contributed by atoms with Crippen molar-refractivity contribution in [3.05, 3.63) is 24.1 Å². The summed E-state index contributed by atoms with van der Waals surface area (Å²) in [5.74, 6) is 1.26. The van der Waals surface area contributed by atoms with Crippen LogP contribution in [0.5, 0.6) is 0 Å². The molecule has 66 valence electrons. The monoisotopic (exact) mass is 203 g/mol. The molecule has 0 N–H and O–H groups in total. The standard InChI is InChI=1S/C8H10ClNOS/c1-6(3-9)5-12-8-10-7(2)4-11-8/h4H,1,3,5H2,2H3. The van der Waals surface area contributed by atoms with Crippen molar-refractivity contribution < 1.29 is 4.42 Å². The molecule has 0 spiro atoms. The van der Waals surface area contributed by atoms with Gasteiger partial charge >= 0.3 is 0 Å². The Morgan fingerprint density at radius 1 is 1.83 bits per heavy atom. The van der Waals surface area contributed by atoms with Gasteiger partial charge in [0.2, 0.25) is 0 Å². The molecule has 0 bridgehead atoms. The van der Waals surface area contributed by atoms with Crippen molar-refractivity contribution in [1.82, 2.24) is 4.98 Å². The molecule has 0 aliphatic rings. The van der Waals surface area contributed by atoms with Crippen LogP contribution < -0.4 is 0 Å². The number of hydrogen-bond acceptors (Lipinski definition) is 3. The summed E-state index contributed by atoms with van der Waals surface area (Å²) in [6, 6.07) is 0. The fourth-order valence-electron chi connectivity index (χ4n) is 0.601. The van der Waals surface area contributed by atoms with Gasteiger partial charge in [0.05, 0.1) is 5.69 Å². The number of thioether (sulfide) groups is 1. The molecule has 0 aromatic carbocycles. The van der Waals surface area contributed by atoms with Crippen LogP contribution in [0.4, 0.5) is 0 Å². The lowest BCUT2D eigenvalue weighted by Crippen LogP contribution is -1.86. The molecule has 0 saturated carbocycles. The second kappa shape index (κ2) is 4.58. The Morgan fingerprint density at radius 2 is 2.58 bits per heavy atom. The normalized spacial score (nSPS) is 10.2. The van der Waals surface area contributed by atoms with Crippen LogP contribution in [0.25, 0.3) is 0 Å². The van der Waals surface area contributed by atoms with E-state index in [9.17, 15) is 0 Å². The van der Waals surface area contributed by atoms with Crippen LogP contribution in [0.1, 0.15) is 5.69 Å². The zero-order valence-corrected chi connectivity index (χ0v) is 8.41. The van der Waals surface area contributed by atoms with Crippen LogP contribution >= 0.6 is 23.4 Å². The number of halogens is 1. The molecule has 0 atom stereocenters. The Labute approximate surface area is 81.0 Å². The molecule has 4 heteroatoms. The lowest BCUT2D eigenvalue weighted by molar-refractivity contribution is 0.454. The molecule has 0 radical (unpaired) electrons. The van der Waals surface area contributed by atoms with Crippen molar-refractivity contribution in [3.8, 4) is 0 Å². The maximum atomic E-state index is 5.56. The van der Waals surface area contributed by atoms with Crippen molar-refractivity contribution in [2.24, 2.45) is 0 Å². The second-order valence-electron chi connectivity index (χ2n) is 2.43. The van der Waals surface area contributed by atoms with Crippen LogP contribution in [0, 0.1) is 6.92 Å². The van der Waals surface area contributed by atoms with E-state index in [1.807, 2.05) is 6.92 Å². The number of aromatic nitrogens is 1. The van der Waals surface area contributed by atoms with Gasteiger partial charge in [0, 0.05) is 11.6 Å². The van der Waals surface area contributed by atoms with E-state index < -0.39 is 0 Å². The Morgan fingerprint density at radius 3 is 3.08 bits per heavy atom. The highest BCUT2D eigenvalue weighted by molar-refractivity contribution is 7.99. The fourth-order valence-corrected chi connectivity index (χ4v) is 1.56. The van der Waals surface area contributed by atoms with Crippen LogP contribution in [0.2, 0.25) is 0 Å². The molecule has 0 fully saturated rings. The van der Waals surface area contributed by atoms with Gasteiger partial charge in [0.25, 0.3) is 5.22 Å². The molecule has 0 saturated heterocycles. The third-order valence-corrected chi connectivity index (χ3v) is 2.55. The summed E-state index contributed by atoms with van der Waals surface area (Å²) in [6.45, 7) is 5.67. The Balaban J connectivity index is 2.38. The summed E-state index contributed by atoms with van der Waals surface area (Å²) >= 11 is 7.07. The molecule has 0 aliphatic carbocycles. The molecule has 0 aliphatic heterocycles. The molecule has 12 heavy (non-hydrogen) atoms. The van der Waals surface area contributed by atoms with Gasteiger partial charge in [0.1, 0.15) is 6.26 Å². The van der Waals surface area contributed by atoms with Gasteiger partial charge < -0.3 is 4.42 Å². The van der Waals surface area contributed by atoms with E-state index in [2.05, 4.69) is 11.6 Å². The Bertz CT molecular complexity index is 272. The third-order valence-electron chi connectivity index (χ3n) is 1.19. The second-order valence-corrected chi connectivity index (χ2v) is 3.62. The first-order chi connectivity index (χ1) is 5.72. The van der Waals surface area contributed by atoms with E-state index in [-0.39, 0.29) is 0 Å². The molecule has 1 heterocycles. The topological polar surface area (TPSA) is 26.0 Å². The van der Waals surface area contributed by atoms with E-state index in [0.717, 1.165) is 17.0 Å². The largest absolute Gasteiger partial charge is 0.440 e. The minimum absolute atomic E-state index is 0.493. The number of aryl methyl sites for hydroxylation is 1. The van der Waals surface area contributed by atoms with Gasteiger partial charge in [-0.05, 0) is 6.92 Å². The summed E-state index contributed by atoms with van der Waals surface area (Å²) in [7, 11) is 0. The number of rotatable bonds is 4. The first-order valence-corrected chi connectivity index (χ1v) is 5.02. The minimum atomic E-state index is 0.493. The van der Waals surface area contributed by atoms with Crippen molar-refractivity contribution in [2.45, 2.75) is 12.1 Å². The highest BCUT2D eigenvalue weighted by Gasteiger charge is 2.01. The van der Waals surface area contributed by atoms with Gasteiger partial charge in [-0.25, -0.2) is 4.98 Å². The SMILES string of the molecule is C=C(CCl)CSc1nc(C)co1. The highest BCUT2D eigenvalue weighted by Crippen LogP contribution is 2.19. The zero-order valence-electron chi connectivity index (χ0n) is 6.84. The van der Waals surface area contributed by atoms with E-state index in [4.69, 9.17) is 16.0 Å². The predicted octanol–water partition coefficient (Wildman–Crippen LogP) is 2.87. The summed E-state index contributed by atoms with van der Waals surface area (Å²) < 4.78 is 5.13. The summed E-state index contributed by atoms with van der Waals surface area (Å²) in [5.41, 5.74) is 1.88. The molecule has 1 aromatic rings. The quantitative estimate of drug-likeness (QED) is 0.428. The van der Waals surface area contributed by atoms with Gasteiger partial charge in [-0.15, -0.1) is 11.6 Å². The number of oxazole rings is 1. The van der Waals surface area contributed by atoms with Crippen LogP contribution in [-0.2, 0) is 0 Å². The molecular weight excluding hydrogens is 194 g/mol. The third kappa shape index (κ3) is 2.91. The molecule has 1 rings (SSSR count). The molecule has 0 amide bonds. The van der Waals surface area contributed by atoms with Crippen molar-refractivity contribution in [3.63, 3.8) is 0 Å². The molecule has 0 unspecified atom stereocenters. The fraction of sp³-hybridized carbons (Fsp3) is 0.375. The average molecular weight is 204 g/mol. The van der Waals surface area contributed by atoms with Gasteiger partial charge in [0.15, 0.2) is 0 Å². The number of alkyl halides is 1. The average Bonchev–Trinajstić information content (AvgIpc) is 2.47. The van der Waals surface area contributed by atoms with Crippen LogP contribution in [-0.4, -0.2) is 16.6 Å². The lowest BCUT2D eigenvalue weighted by Gasteiger charge is -1.95. The highest BCUT2D eigenvalue weighted by atomic mass is 35.5. The van der Waals surface area contributed by atoms with E-state index >= 15 is 0 Å². The van der Waals surface area contributed by atoms with Gasteiger partial charge in [-0.2, -0.15) is 0 Å². The van der Waals surface area contributed by atoms with Gasteiger partial charge in [-0.1, -0.05) is 23.9 Å².